The Morgan fingerprint density at radius 1 is 1.00 bits per heavy atom. The van der Waals surface area contributed by atoms with Gasteiger partial charge in [-0.05, 0) is 43.0 Å². The van der Waals surface area contributed by atoms with Crippen LogP contribution < -0.4 is 15.1 Å². The lowest BCUT2D eigenvalue weighted by Crippen LogP contribution is -2.51. The number of piperidine rings is 1. The zero-order chi connectivity index (χ0) is 26.5. The highest BCUT2D eigenvalue weighted by atomic mass is 16.5. The maximum Gasteiger partial charge on any atom is 0.291 e. The van der Waals surface area contributed by atoms with E-state index < -0.39 is 5.91 Å². The summed E-state index contributed by atoms with van der Waals surface area (Å²) in [6.07, 6.45) is 2.14. The number of piperazine rings is 1. The molecule has 1 N–H and O–H groups in total. The smallest absolute Gasteiger partial charge is 0.291 e. The zero-order valence-electron chi connectivity index (χ0n) is 21.9. The van der Waals surface area contributed by atoms with Crippen LogP contribution >= 0.6 is 0 Å². The third-order valence-corrected chi connectivity index (χ3v) is 7.55. The molecule has 3 fully saturated rings. The Morgan fingerprint density at radius 2 is 1.74 bits per heavy atom. The lowest BCUT2D eigenvalue weighted by atomic mass is 9.99. The predicted octanol–water partition coefficient (Wildman–Crippen LogP) is 2.02. The van der Waals surface area contributed by atoms with Crippen LogP contribution in [0.1, 0.15) is 36.1 Å². The molecule has 2 aromatic rings. The molecule has 5 heterocycles. The molecule has 0 aromatic carbocycles. The molecular formula is C27H35N7O4. The van der Waals surface area contributed by atoms with Crippen LogP contribution in [0.2, 0.25) is 0 Å². The number of furan rings is 1. The first-order chi connectivity index (χ1) is 18.5. The van der Waals surface area contributed by atoms with Gasteiger partial charge >= 0.3 is 0 Å². The average Bonchev–Trinajstić information content (AvgIpc) is 3.44. The van der Waals surface area contributed by atoms with Crippen molar-refractivity contribution in [2.45, 2.75) is 19.8 Å². The summed E-state index contributed by atoms with van der Waals surface area (Å²) in [6, 6.07) is 8.72. The van der Waals surface area contributed by atoms with E-state index in [1.807, 2.05) is 23.1 Å². The minimum absolute atomic E-state index is 0.0894. The molecule has 0 saturated carbocycles. The van der Waals surface area contributed by atoms with E-state index >= 15 is 0 Å². The van der Waals surface area contributed by atoms with Gasteiger partial charge in [0.2, 0.25) is 11.7 Å². The van der Waals surface area contributed by atoms with Crippen molar-refractivity contribution in [1.82, 2.24) is 14.8 Å². The summed E-state index contributed by atoms with van der Waals surface area (Å²) in [5, 5.41) is 11.9. The molecule has 3 saturated heterocycles. The average molecular weight is 522 g/mol. The number of carbonyl (C=O) groups is 2. The highest BCUT2D eigenvalue weighted by molar-refractivity contribution is 6.04. The van der Waals surface area contributed by atoms with Crippen LogP contribution in [0.15, 0.2) is 28.7 Å². The van der Waals surface area contributed by atoms with Gasteiger partial charge in [0.25, 0.3) is 5.91 Å². The number of aromatic nitrogens is 1. The van der Waals surface area contributed by atoms with Gasteiger partial charge in [0, 0.05) is 52.4 Å². The molecule has 202 valence electrons. The summed E-state index contributed by atoms with van der Waals surface area (Å²) in [4.78, 5) is 39.1. The minimum Gasteiger partial charge on any atom is -0.440 e. The quantitative estimate of drug-likeness (QED) is 0.609. The molecule has 11 nitrogen and oxygen atoms in total. The van der Waals surface area contributed by atoms with E-state index in [1.54, 1.807) is 0 Å². The van der Waals surface area contributed by atoms with Gasteiger partial charge in [-0.1, -0.05) is 6.92 Å². The predicted molar refractivity (Wildman–Crippen MR) is 142 cm³/mol. The molecule has 38 heavy (non-hydrogen) atoms. The van der Waals surface area contributed by atoms with E-state index in [-0.39, 0.29) is 17.4 Å². The summed E-state index contributed by atoms with van der Waals surface area (Å²) < 4.78 is 10.7. The largest absolute Gasteiger partial charge is 0.440 e. The normalized spacial score (nSPS) is 19.3. The lowest BCUT2D eigenvalue weighted by Gasteiger charge is -2.37. The summed E-state index contributed by atoms with van der Waals surface area (Å²) >= 11 is 0. The first-order valence-electron chi connectivity index (χ1n) is 13.4. The standard InChI is InChI=1S/C27H35N7O4/c1-20-6-8-34(9-7-20)26-22(29-27(36)23-4-2-21(18-28)38-23)3-5-24(30-26)32-12-10-31(11-13-32)19-25(35)33-14-16-37-17-15-33/h2-5,20H,6-17,19H2,1H3,(H,29,36). The summed E-state index contributed by atoms with van der Waals surface area (Å²) in [6.45, 7) is 10.1. The Labute approximate surface area is 222 Å². The Morgan fingerprint density at radius 3 is 2.42 bits per heavy atom. The fourth-order valence-electron chi connectivity index (χ4n) is 5.12. The van der Waals surface area contributed by atoms with Crippen molar-refractivity contribution in [2.75, 3.05) is 87.2 Å². The van der Waals surface area contributed by atoms with Gasteiger partial charge in [-0.15, -0.1) is 0 Å². The Hall–Kier alpha value is -3.62. The van der Waals surface area contributed by atoms with Crippen LogP contribution in [0.4, 0.5) is 17.3 Å². The molecule has 11 heteroatoms. The van der Waals surface area contributed by atoms with Gasteiger partial charge in [-0.2, -0.15) is 5.26 Å². The SMILES string of the molecule is CC1CCN(c2nc(N3CCN(CC(=O)N4CCOCC4)CC3)ccc2NC(=O)c2ccc(C#N)o2)CC1. The van der Waals surface area contributed by atoms with Gasteiger partial charge in [0.05, 0.1) is 25.4 Å². The molecule has 3 aliphatic rings. The molecule has 2 amide bonds. The maximum atomic E-state index is 12.8. The van der Waals surface area contributed by atoms with Crippen LogP contribution in [0.3, 0.4) is 0 Å². The zero-order valence-corrected chi connectivity index (χ0v) is 21.9. The first kappa shape index (κ1) is 26.0. The lowest BCUT2D eigenvalue weighted by molar-refractivity contribution is -0.136. The van der Waals surface area contributed by atoms with E-state index in [2.05, 4.69) is 26.9 Å². The van der Waals surface area contributed by atoms with Crippen LogP contribution in [0, 0.1) is 17.2 Å². The fourth-order valence-corrected chi connectivity index (χ4v) is 5.12. The van der Waals surface area contributed by atoms with Crippen molar-refractivity contribution in [2.24, 2.45) is 5.92 Å². The van der Waals surface area contributed by atoms with Crippen molar-refractivity contribution < 1.29 is 18.7 Å². The van der Waals surface area contributed by atoms with E-state index in [9.17, 15) is 9.59 Å². The summed E-state index contributed by atoms with van der Waals surface area (Å²) in [7, 11) is 0. The second-order valence-electron chi connectivity index (χ2n) is 10.2. The van der Waals surface area contributed by atoms with Crippen LogP contribution in [0.25, 0.3) is 0 Å². The van der Waals surface area contributed by atoms with Crippen LogP contribution in [-0.4, -0.2) is 98.7 Å². The Balaban J connectivity index is 1.26. The Bertz CT molecular complexity index is 1170. The number of nitriles is 1. The Kier molecular flexibility index (Phi) is 8.10. The molecule has 0 aliphatic carbocycles. The molecule has 3 aliphatic heterocycles. The molecule has 0 atom stereocenters. The number of amides is 2. The third kappa shape index (κ3) is 6.09. The second-order valence-corrected chi connectivity index (χ2v) is 10.2. The number of carbonyl (C=O) groups excluding carboxylic acids is 2. The van der Waals surface area contributed by atoms with Gasteiger partial charge in [-0.25, -0.2) is 4.98 Å². The molecule has 2 aromatic heterocycles. The van der Waals surface area contributed by atoms with Crippen molar-refractivity contribution in [3.05, 3.63) is 35.8 Å². The number of hydrogen-bond donors (Lipinski definition) is 1. The molecule has 0 bridgehead atoms. The van der Waals surface area contributed by atoms with E-state index in [0.29, 0.717) is 44.5 Å². The van der Waals surface area contributed by atoms with Crippen molar-refractivity contribution in [1.29, 1.82) is 5.26 Å². The highest BCUT2D eigenvalue weighted by Crippen LogP contribution is 2.31. The van der Waals surface area contributed by atoms with E-state index in [1.165, 1.54) is 12.1 Å². The van der Waals surface area contributed by atoms with Crippen LogP contribution in [0.5, 0.6) is 0 Å². The summed E-state index contributed by atoms with van der Waals surface area (Å²) in [5.41, 5.74) is 0.623. The molecule has 5 rings (SSSR count). The van der Waals surface area contributed by atoms with Crippen molar-refractivity contribution in [3.8, 4) is 6.07 Å². The van der Waals surface area contributed by atoms with E-state index in [0.717, 1.165) is 63.7 Å². The molecule has 0 spiro atoms. The molecular weight excluding hydrogens is 486 g/mol. The third-order valence-electron chi connectivity index (χ3n) is 7.55. The number of rotatable bonds is 6. The van der Waals surface area contributed by atoms with Crippen molar-refractivity contribution >= 4 is 29.1 Å². The van der Waals surface area contributed by atoms with Crippen molar-refractivity contribution in [3.63, 3.8) is 0 Å². The number of nitrogens with zero attached hydrogens (tertiary/aromatic N) is 6. The second kappa shape index (κ2) is 11.8. The minimum atomic E-state index is -0.411. The number of morpholine rings is 1. The van der Waals surface area contributed by atoms with Gasteiger partial charge in [-0.3, -0.25) is 14.5 Å². The first-order valence-corrected chi connectivity index (χ1v) is 13.4. The summed E-state index contributed by atoms with van der Waals surface area (Å²) in [5.74, 6) is 2.21. The van der Waals surface area contributed by atoms with E-state index in [4.69, 9.17) is 19.4 Å². The number of nitrogens with one attached hydrogen (secondary N) is 1. The number of ether oxygens (including phenoxy) is 1. The molecule has 0 radical (unpaired) electrons. The van der Waals surface area contributed by atoms with Gasteiger partial charge in [0.15, 0.2) is 11.6 Å². The molecule has 0 unspecified atom stereocenters. The fraction of sp³-hybridized carbons (Fsp3) is 0.556. The topological polar surface area (TPSA) is 118 Å². The van der Waals surface area contributed by atoms with Crippen LogP contribution in [-0.2, 0) is 9.53 Å². The number of pyridine rings is 1. The van der Waals surface area contributed by atoms with Gasteiger partial charge < -0.3 is 29.2 Å². The van der Waals surface area contributed by atoms with Gasteiger partial charge in [0.1, 0.15) is 11.9 Å². The number of anilines is 3. The maximum absolute atomic E-state index is 12.8. The monoisotopic (exact) mass is 521 g/mol. The number of hydrogen-bond acceptors (Lipinski definition) is 9. The highest BCUT2D eigenvalue weighted by Gasteiger charge is 2.26.